The highest BCUT2D eigenvalue weighted by Gasteiger charge is 2.18. The lowest BCUT2D eigenvalue weighted by molar-refractivity contribution is -0.141. The molecule has 1 aromatic heterocycles. The summed E-state index contributed by atoms with van der Waals surface area (Å²) in [7, 11) is 0. The van der Waals surface area contributed by atoms with E-state index >= 15 is 0 Å². The van der Waals surface area contributed by atoms with Gasteiger partial charge >= 0.3 is 12.1 Å². The first-order valence-electron chi connectivity index (χ1n) is 10.1. The van der Waals surface area contributed by atoms with Gasteiger partial charge in [0.15, 0.2) is 0 Å². The van der Waals surface area contributed by atoms with Crippen molar-refractivity contribution in [3.63, 3.8) is 0 Å². The summed E-state index contributed by atoms with van der Waals surface area (Å²) < 4.78 is 11.1. The Hall–Kier alpha value is -3.45. The Morgan fingerprint density at radius 3 is 2.68 bits per heavy atom. The molecular weight excluding hydrogens is 396 g/mol. The number of carbonyl (C=O) groups is 2. The van der Waals surface area contributed by atoms with Gasteiger partial charge in [-0.2, -0.15) is 0 Å². The van der Waals surface area contributed by atoms with Gasteiger partial charge in [-0.3, -0.25) is 9.78 Å². The number of pyridine rings is 1. The van der Waals surface area contributed by atoms with Gasteiger partial charge in [-0.25, -0.2) is 4.79 Å². The number of nitrogens with zero attached hydrogens (tertiary/aromatic N) is 1. The number of carbonyl (C=O) groups excluding carboxylic acids is 1. The number of para-hydroxylation sites is 1. The maximum absolute atomic E-state index is 12.2. The third-order valence-corrected chi connectivity index (χ3v) is 4.65. The van der Waals surface area contributed by atoms with Gasteiger partial charge in [0.2, 0.25) is 0 Å². The molecular formula is C24H26N2O5. The molecule has 0 aliphatic carbocycles. The fourth-order valence-electron chi connectivity index (χ4n) is 3.28. The molecule has 162 valence electrons. The third-order valence-electron chi connectivity index (χ3n) is 4.65. The van der Waals surface area contributed by atoms with Crippen LogP contribution in [0.5, 0.6) is 0 Å². The van der Waals surface area contributed by atoms with E-state index in [4.69, 9.17) is 14.6 Å². The highest BCUT2D eigenvalue weighted by atomic mass is 16.5. The molecule has 0 spiro atoms. The highest BCUT2D eigenvalue weighted by Crippen LogP contribution is 2.24. The number of benzene rings is 2. The normalized spacial score (nSPS) is 12.0. The summed E-state index contributed by atoms with van der Waals surface area (Å²) in [5.41, 5.74) is 3.31. The summed E-state index contributed by atoms with van der Waals surface area (Å²) in [5.74, 6) is -0.929. The smallest absolute Gasteiger partial charge is 0.407 e. The number of rotatable bonds is 9. The molecule has 1 heterocycles. The Kier molecular flexibility index (Phi) is 7.56. The first-order chi connectivity index (χ1) is 14.9. The number of ether oxygens (including phenoxy) is 2. The number of carboxylic acid groups (broad SMARTS) is 1. The lowest BCUT2D eigenvalue weighted by Gasteiger charge is -2.20. The maximum atomic E-state index is 12.2. The lowest BCUT2D eigenvalue weighted by atomic mass is 10.0. The molecule has 0 unspecified atom stereocenters. The number of aliphatic carboxylic acids is 1. The number of amides is 1. The van der Waals surface area contributed by atoms with Gasteiger partial charge in [-0.05, 0) is 37.1 Å². The van der Waals surface area contributed by atoms with E-state index in [1.165, 1.54) is 0 Å². The van der Waals surface area contributed by atoms with E-state index in [0.29, 0.717) is 0 Å². The summed E-state index contributed by atoms with van der Waals surface area (Å²) in [6.45, 7) is 4.12. The van der Waals surface area contributed by atoms with Gasteiger partial charge in [0, 0.05) is 23.7 Å². The predicted molar refractivity (Wildman–Crippen MR) is 116 cm³/mol. The molecule has 0 fully saturated rings. The van der Waals surface area contributed by atoms with Gasteiger partial charge in [-0.15, -0.1) is 0 Å². The molecule has 0 aliphatic rings. The van der Waals surface area contributed by atoms with E-state index in [9.17, 15) is 9.59 Å². The zero-order chi connectivity index (χ0) is 22.2. The Labute approximate surface area is 181 Å². The summed E-state index contributed by atoms with van der Waals surface area (Å²) >= 11 is 0. The van der Waals surface area contributed by atoms with Crippen LogP contribution in [0.25, 0.3) is 10.9 Å². The molecule has 0 radical (unpaired) electrons. The minimum Gasteiger partial charge on any atom is -0.481 e. The van der Waals surface area contributed by atoms with Crippen LogP contribution in [0.15, 0.2) is 60.8 Å². The molecule has 3 rings (SSSR count). The molecule has 3 aromatic rings. The number of alkyl carbamates (subject to hydrolysis) is 1. The Morgan fingerprint density at radius 2 is 1.90 bits per heavy atom. The molecule has 2 N–H and O–H groups in total. The Morgan fingerprint density at radius 1 is 1.10 bits per heavy atom. The standard InChI is InChI=1S/C24H26N2O5/c1-16(2)31-22(13-23(27)28)18-7-5-6-17(12-18)14-26-24(29)30-15-19-10-11-25-21-9-4-3-8-20(19)21/h3-12,16,22H,13-15H2,1-2H3,(H,26,29)(H,27,28)/t22-/m0/s1. The molecule has 7 heteroatoms. The van der Waals surface area contributed by atoms with Gasteiger partial charge in [-0.1, -0.05) is 42.5 Å². The predicted octanol–water partition coefficient (Wildman–Crippen LogP) is 4.60. The van der Waals surface area contributed by atoms with E-state index in [0.717, 1.165) is 27.6 Å². The second-order valence-electron chi connectivity index (χ2n) is 7.43. The van der Waals surface area contributed by atoms with E-state index in [1.807, 2.05) is 68.4 Å². The van der Waals surface area contributed by atoms with Crippen molar-refractivity contribution in [1.82, 2.24) is 10.3 Å². The highest BCUT2D eigenvalue weighted by molar-refractivity contribution is 5.82. The molecule has 0 bridgehead atoms. The first kappa shape index (κ1) is 22.2. The molecule has 0 aliphatic heterocycles. The van der Waals surface area contributed by atoms with Gasteiger partial charge in [0.25, 0.3) is 0 Å². The van der Waals surface area contributed by atoms with E-state index in [-0.39, 0.29) is 25.7 Å². The number of hydrogen-bond donors (Lipinski definition) is 2. The fourth-order valence-corrected chi connectivity index (χ4v) is 3.28. The van der Waals surface area contributed by atoms with Gasteiger partial charge in [0.05, 0.1) is 24.1 Å². The van der Waals surface area contributed by atoms with Crippen molar-refractivity contribution >= 4 is 23.0 Å². The van der Waals surface area contributed by atoms with Crippen LogP contribution in [-0.4, -0.2) is 28.3 Å². The van der Waals surface area contributed by atoms with Crippen LogP contribution in [-0.2, 0) is 27.4 Å². The van der Waals surface area contributed by atoms with E-state index in [2.05, 4.69) is 10.3 Å². The van der Waals surface area contributed by atoms with Crippen LogP contribution in [0.2, 0.25) is 0 Å². The van der Waals surface area contributed by atoms with E-state index in [1.54, 1.807) is 6.20 Å². The summed E-state index contributed by atoms with van der Waals surface area (Å²) in [5, 5.41) is 12.8. The molecule has 0 saturated carbocycles. The SMILES string of the molecule is CC(C)O[C@@H](CC(=O)O)c1cccc(CNC(=O)OCc2ccnc3ccccc23)c1. The van der Waals surface area contributed by atoms with Crippen LogP contribution < -0.4 is 5.32 Å². The van der Waals surface area contributed by atoms with Crippen molar-refractivity contribution in [2.75, 3.05) is 0 Å². The summed E-state index contributed by atoms with van der Waals surface area (Å²) in [4.78, 5) is 27.7. The van der Waals surface area contributed by atoms with Crippen molar-refractivity contribution < 1.29 is 24.2 Å². The number of carboxylic acids is 1. The van der Waals surface area contributed by atoms with Crippen LogP contribution >= 0.6 is 0 Å². The minimum atomic E-state index is -0.929. The molecule has 0 saturated heterocycles. The average Bonchev–Trinajstić information content (AvgIpc) is 2.75. The Bertz CT molecular complexity index is 1050. The molecule has 1 amide bonds. The fraction of sp³-hybridized carbons (Fsp3) is 0.292. The third kappa shape index (κ3) is 6.52. The second kappa shape index (κ2) is 10.5. The summed E-state index contributed by atoms with van der Waals surface area (Å²) in [6.07, 6.45) is 0.371. The van der Waals surface area contributed by atoms with Crippen molar-refractivity contribution in [3.05, 3.63) is 77.5 Å². The molecule has 2 aromatic carbocycles. The van der Waals surface area contributed by atoms with Crippen molar-refractivity contribution in [2.45, 2.75) is 45.6 Å². The second-order valence-corrected chi connectivity index (χ2v) is 7.43. The number of aromatic nitrogens is 1. The minimum absolute atomic E-state index is 0.106. The summed E-state index contributed by atoms with van der Waals surface area (Å²) in [6, 6.07) is 16.8. The van der Waals surface area contributed by atoms with Crippen molar-refractivity contribution in [2.24, 2.45) is 0 Å². The van der Waals surface area contributed by atoms with Gasteiger partial charge < -0.3 is 19.9 Å². The molecule has 1 atom stereocenters. The van der Waals surface area contributed by atoms with Crippen LogP contribution in [0, 0.1) is 0 Å². The van der Waals surface area contributed by atoms with Crippen molar-refractivity contribution in [1.29, 1.82) is 0 Å². The lowest BCUT2D eigenvalue weighted by Crippen LogP contribution is -2.24. The largest absolute Gasteiger partial charge is 0.481 e. The van der Waals surface area contributed by atoms with E-state index < -0.39 is 18.2 Å². The first-order valence-corrected chi connectivity index (χ1v) is 10.1. The quantitative estimate of drug-likeness (QED) is 0.523. The number of nitrogens with one attached hydrogen (secondary N) is 1. The molecule has 31 heavy (non-hydrogen) atoms. The van der Waals surface area contributed by atoms with Crippen LogP contribution in [0.1, 0.15) is 43.1 Å². The van der Waals surface area contributed by atoms with Crippen molar-refractivity contribution in [3.8, 4) is 0 Å². The average molecular weight is 422 g/mol. The number of fused-ring (bicyclic) bond motifs is 1. The zero-order valence-electron chi connectivity index (χ0n) is 17.6. The zero-order valence-corrected chi connectivity index (χ0v) is 17.6. The maximum Gasteiger partial charge on any atom is 0.407 e. The Balaban J connectivity index is 1.58. The topological polar surface area (TPSA) is 97.8 Å². The monoisotopic (exact) mass is 422 g/mol. The van der Waals surface area contributed by atoms with Crippen LogP contribution in [0.4, 0.5) is 4.79 Å². The van der Waals surface area contributed by atoms with Crippen LogP contribution in [0.3, 0.4) is 0 Å². The van der Waals surface area contributed by atoms with Gasteiger partial charge in [0.1, 0.15) is 6.61 Å². The molecule has 7 nitrogen and oxygen atoms in total. The number of hydrogen-bond acceptors (Lipinski definition) is 5.